The highest BCUT2D eigenvalue weighted by molar-refractivity contribution is 6.03. The van der Waals surface area contributed by atoms with Gasteiger partial charge >= 0.3 is 0 Å². The fraction of sp³-hybridized carbons (Fsp3) is 0.407. The first-order valence-corrected chi connectivity index (χ1v) is 11.8. The minimum atomic E-state index is -0.737. The molecule has 2 saturated heterocycles. The number of carbonyl (C=O) groups is 4. The molecule has 0 radical (unpaired) electrons. The summed E-state index contributed by atoms with van der Waals surface area (Å²) < 4.78 is 0. The number of likely N-dealkylation sites (tertiary alicyclic amines) is 2. The van der Waals surface area contributed by atoms with Crippen LogP contribution in [0.15, 0.2) is 54.6 Å². The van der Waals surface area contributed by atoms with Gasteiger partial charge < -0.3 is 15.1 Å². The first kappa shape index (κ1) is 23.7. The lowest BCUT2D eigenvalue weighted by Gasteiger charge is -2.29. The first-order chi connectivity index (χ1) is 16.3. The molecule has 0 aromatic heterocycles. The van der Waals surface area contributed by atoms with Crippen LogP contribution in [0.25, 0.3) is 0 Å². The van der Waals surface area contributed by atoms with Crippen LogP contribution in [0, 0.1) is 12.8 Å². The Labute approximate surface area is 200 Å². The van der Waals surface area contributed by atoms with Crippen molar-refractivity contribution in [1.29, 1.82) is 0 Å². The first-order valence-electron chi connectivity index (χ1n) is 11.8. The Morgan fingerprint density at radius 2 is 1.65 bits per heavy atom. The number of aryl methyl sites for hydroxylation is 1. The predicted octanol–water partition coefficient (Wildman–Crippen LogP) is 2.83. The molecule has 7 heteroatoms. The minimum Gasteiger partial charge on any atom is -0.340 e. The van der Waals surface area contributed by atoms with E-state index in [4.69, 9.17) is 0 Å². The molecule has 2 aromatic carbocycles. The van der Waals surface area contributed by atoms with Crippen molar-refractivity contribution in [3.05, 3.63) is 71.3 Å². The summed E-state index contributed by atoms with van der Waals surface area (Å²) in [5, 5.41) is 2.89. The molecule has 2 aliphatic heterocycles. The average Bonchev–Trinajstić information content (AvgIpc) is 3.39. The molecule has 1 N–H and O–H groups in total. The minimum absolute atomic E-state index is 0.00257. The van der Waals surface area contributed by atoms with Crippen molar-refractivity contribution in [2.45, 2.75) is 51.7 Å². The zero-order valence-electron chi connectivity index (χ0n) is 19.9. The fourth-order valence-corrected chi connectivity index (χ4v) is 4.93. The van der Waals surface area contributed by atoms with Gasteiger partial charge in [0.05, 0.1) is 12.6 Å². The highest BCUT2D eigenvalue weighted by Gasteiger charge is 2.52. The molecule has 7 nitrogen and oxygen atoms in total. The van der Waals surface area contributed by atoms with Crippen LogP contribution < -0.4 is 5.32 Å². The Kier molecular flexibility index (Phi) is 6.82. The molecule has 3 amide bonds. The maximum Gasteiger partial charge on any atom is 0.254 e. The fourth-order valence-electron chi connectivity index (χ4n) is 4.93. The molecule has 4 rings (SSSR count). The molecule has 0 saturated carbocycles. The van der Waals surface area contributed by atoms with Crippen molar-refractivity contribution in [2.75, 3.05) is 13.1 Å². The number of hydrogen-bond donors (Lipinski definition) is 1. The Morgan fingerprint density at radius 1 is 0.971 bits per heavy atom. The highest BCUT2D eigenvalue weighted by Crippen LogP contribution is 2.31. The van der Waals surface area contributed by atoms with Gasteiger partial charge in [-0.25, -0.2) is 0 Å². The molecule has 0 aliphatic carbocycles. The van der Waals surface area contributed by atoms with E-state index in [1.165, 1.54) is 0 Å². The number of benzene rings is 2. The maximum atomic E-state index is 13.6. The SMILES string of the molecule is Cc1ccc(C(=O)N[C@@H](CC(C)C)C(=O)N2CCC3C2C(=O)CN3C(=O)c2ccccc2)cc1. The van der Waals surface area contributed by atoms with Crippen LogP contribution in [-0.2, 0) is 9.59 Å². The standard InChI is InChI=1S/C27H31N3O4/c1-17(2)15-21(28-25(32)19-11-9-18(3)10-12-19)27(34)29-14-13-22-24(29)23(31)16-30(22)26(33)20-7-5-4-6-8-20/h4-12,17,21-22,24H,13-16H2,1-3H3,(H,28,32)/t21-,22?,24?/m0/s1. The summed E-state index contributed by atoms with van der Waals surface area (Å²) in [6.45, 7) is 6.31. The molecule has 34 heavy (non-hydrogen) atoms. The van der Waals surface area contributed by atoms with Crippen molar-refractivity contribution in [3.63, 3.8) is 0 Å². The third-order valence-electron chi connectivity index (χ3n) is 6.61. The van der Waals surface area contributed by atoms with Gasteiger partial charge in [0, 0.05) is 17.7 Å². The van der Waals surface area contributed by atoms with Gasteiger partial charge in [0.2, 0.25) is 5.91 Å². The van der Waals surface area contributed by atoms with Gasteiger partial charge in [-0.3, -0.25) is 19.2 Å². The predicted molar refractivity (Wildman–Crippen MR) is 128 cm³/mol. The van der Waals surface area contributed by atoms with Crippen molar-refractivity contribution in [1.82, 2.24) is 15.1 Å². The van der Waals surface area contributed by atoms with E-state index >= 15 is 0 Å². The van der Waals surface area contributed by atoms with E-state index in [1.807, 2.05) is 39.0 Å². The molecule has 2 aliphatic rings. The van der Waals surface area contributed by atoms with Gasteiger partial charge in [-0.15, -0.1) is 0 Å². The number of amides is 3. The maximum absolute atomic E-state index is 13.6. The summed E-state index contributed by atoms with van der Waals surface area (Å²) in [6, 6.07) is 14.3. The average molecular weight is 462 g/mol. The largest absolute Gasteiger partial charge is 0.340 e. The second-order valence-corrected chi connectivity index (χ2v) is 9.62. The molecule has 0 spiro atoms. The number of ketones is 1. The van der Waals surface area contributed by atoms with E-state index in [1.54, 1.807) is 46.2 Å². The van der Waals surface area contributed by atoms with E-state index < -0.39 is 12.1 Å². The number of nitrogens with zero attached hydrogens (tertiary/aromatic N) is 2. The quantitative estimate of drug-likeness (QED) is 0.717. The van der Waals surface area contributed by atoms with E-state index in [0.717, 1.165) is 5.56 Å². The smallest absolute Gasteiger partial charge is 0.254 e. The third-order valence-corrected chi connectivity index (χ3v) is 6.61. The zero-order valence-corrected chi connectivity index (χ0v) is 19.9. The Morgan fingerprint density at radius 3 is 2.29 bits per heavy atom. The van der Waals surface area contributed by atoms with E-state index in [9.17, 15) is 19.2 Å². The molecule has 2 heterocycles. The number of hydrogen-bond acceptors (Lipinski definition) is 4. The number of fused-ring (bicyclic) bond motifs is 1. The molecule has 3 atom stereocenters. The second-order valence-electron chi connectivity index (χ2n) is 9.62. The van der Waals surface area contributed by atoms with E-state index in [0.29, 0.717) is 30.5 Å². The van der Waals surface area contributed by atoms with Crippen LogP contribution >= 0.6 is 0 Å². The molecule has 178 valence electrons. The summed E-state index contributed by atoms with van der Waals surface area (Å²) in [7, 11) is 0. The molecule has 2 fully saturated rings. The van der Waals surface area contributed by atoms with Crippen molar-refractivity contribution in [2.24, 2.45) is 5.92 Å². The lowest BCUT2D eigenvalue weighted by Crippen LogP contribution is -2.53. The van der Waals surface area contributed by atoms with Crippen LogP contribution in [0.5, 0.6) is 0 Å². The van der Waals surface area contributed by atoms with Crippen LogP contribution in [-0.4, -0.2) is 64.5 Å². The molecule has 0 bridgehead atoms. The summed E-state index contributed by atoms with van der Waals surface area (Å²) >= 11 is 0. The Bertz CT molecular complexity index is 1080. The molecular formula is C27H31N3O4. The van der Waals surface area contributed by atoms with Crippen LogP contribution in [0.2, 0.25) is 0 Å². The monoisotopic (exact) mass is 461 g/mol. The van der Waals surface area contributed by atoms with Gasteiger partial charge in [-0.1, -0.05) is 49.7 Å². The second kappa shape index (κ2) is 9.79. The summed E-state index contributed by atoms with van der Waals surface area (Å²) in [5.74, 6) is -0.728. The molecule has 2 unspecified atom stereocenters. The van der Waals surface area contributed by atoms with Gasteiger partial charge in [-0.05, 0) is 49.9 Å². The van der Waals surface area contributed by atoms with Crippen molar-refractivity contribution >= 4 is 23.5 Å². The van der Waals surface area contributed by atoms with Gasteiger partial charge in [0.1, 0.15) is 12.1 Å². The Balaban J connectivity index is 1.51. The highest BCUT2D eigenvalue weighted by atomic mass is 16.2. The number of rotatable bonds is 6. The molecule has 2 aromatic rings. The molecular weight excluding hydrogens is 430 g/mol. The Hall–Kier alpha value is -3.48. The number of Topliss-reactive ketones (excluding diaryl/α,β-unsaturated/α-hetero) is 1. The lowest BCUT2D eigenvalue weighted by atomic mass is 10.0. The summed E-state index contributed by atoms with van der Waals surface area (Å²) in [4.78, 5) is 55.6. The van der Waals surface area contributed by atoms with E-state index in [-0.39, 0.29) is 42.0 Å². The normalized spacial score (nSPS) is 20.4. The lowest BCUT2D eigenvalue weighted by molar-refractivity contribution is -0.138. The topological polar surface area (TPSA) is 86.8 Å². The van der Waals surface area contributed by atoms with Crippen LogP contribution in [0.4, 0.5) is 0 Å². The summed E-state index contributed by atoms with van der Waals surface area (Å²) in [5.41, 5.74) is 2.07. The van der Waals surface area contributed by atoms with Crippen LogP contribution in [0.3, 0.4) is 0 Å². The zero-order chi connectivity index (χ0) is 24.4. The van der Waals surface area contributed by atoms with Crippen LogP contribution in [0.1, 0.15) is 53.0 Å². The number of carbonyl (C=O) groups excluding carboxylic acids is 4. The van der Waals surface area contributed by atoms with Gasteiger partial charge in [-0.2, -0.15) is 0 Å². The van der Waals surface area contributed by atoms with Crippen molar-refractivity contribution in [3.8, 4) is 0 Å². The van der Waals surface area contributed by atoms with Gasteiger partial charge in [0.15, 0.2) is 5.78 Å². The van der Waals surface area contributed by atoms with E-state index in [2.05, 4.69) is 5.32 Å². The number of nitrogens with one attached hydrogen (secondary N) is 1. The summed E-state index contributed by atoms with van der Waals surface area (Å²) in [6.07, 6.45) is 1.01. The van der Waals surface area contributed by atoms with Crippen molar-refractivity contribution < 1.29 is 19.2 Å². The third kappa shape index (κ3) is 4.74. The van der Waals surface area contributed by atoms with Gasteiger partial charge in [0.25, 0.3) is 11.8 Å².